The third-order valence-corrected chi connectivity index (χ3v) is 6.88. The Balaban J connectivity index is 1.53. The van der Waals surface area contributed by atoms with E-state index in [9.17, 15) is 14.0 Å². The number of pyridine rings is 2. The third-order valence-electron chi connectivity index (χ3n) is 6.88. The molecule has 0 aromatic carbocycles. The van der Waals surface area contributed by atoms with Crippen LogP contribution in [0.1, 0.15) is 54.9 Å². The lowest BCUT2D eigenvalue weighted by molar-refractivity contribution is -0.119. The molecule has 2 aliphatic rings. The number of nitriles is 1. The standard InChI is InChI=1S/C26H32FN7O3/c1-16(35)31-18-4-6-19(7-5-18)34(2)26(36)20-14-30-25(33-24-8-3-17(12-28)13-29-24)11-23(20)32-22-9-10-37-15-21(22)27/h3,8,11,13-14,18-19,21-22H,4-7,9-10,15H2,1-2H3,(H,31,35)(H2,29,30,32,33). The average Bonchev–Trinajstić information content (AvgIpc) is 2.90. The summed E-state index contributed by atoms with van der Waals surface area (Å²) in [6.45, 7) is 1.95. The molecule has 0 spiro atoms. The van der Waals surface area contributed by atoms with E-state index in [0.717, 1.165) is 25.7 Å². The second kappa shape index (κ2) is 12.0. The average molecular weight is 510 g/mol. The van der Waals surface area contributed by atoms with Gasteiger partial charge in [-0.05, 0) is 44.2 Å². The van der Waals surface area contributed by atoms with E-state index in [2.05, 4.69) is 25.9 Å². The first-order valence-corrected chi connectivity index (χ1v) is 12.5. The summed E-state index contributed by atoms with van der Waals surface area (Å²) in [5.74, 6) is 0.665. The summed E-state index contributed by atoms with van der Waals surface area (Å²) >= 11 is 0. The molecule has 3 N–H and O–H groups in total. The van der Waals surface area contributed by atoms with Gasteiger partial charge < -0.3 is 25.6 Å². The van der Waals surface area contributed by atoms with Crippen molar-refractivity contribution < 1.29 is 18.7 Å². The summed E-state index contributed by atoms with van der Waals surface area (Å²) in [5.41, 5.74) is 1.26. The lowest BCUT2D eigenvalue weighted by Crippen LogP contribution is -2.44. The number of carbonyl (C=O) groups is 2. The van der Waals surface area contributed by atoms with Crippen molar-refractivity contribution in [1.29, 1.82) is 5.26 Å². The van der Waals surface area contributed by atoms with Crippen molar-refractivity contribution >= 4 is 29.1 Å². The van der Waals surface area contributed by atoms with Gasteiger partial charge in [0.15, 0.2) is 0 Å². The number of ether oxygens (including phenoxy) is 1. The van der Waals surface area contributed by atoms with Crippen LogP contribution in [-0.2, 0) is 9.53 Å². The second-order valence-corrected chi connectivity index (χ2v) is 9.54. The zero-order chi connectivity index (χ0) is 26.4. The Bertz CT molecular complexity index is 1150. The molecule has 2 fully saturated rings. The predicted molar refractivity (Wildman–Crippen MR) is 136 cm³/mol. The molecular formula is C26H32FN7O3. The fourth-order valence-electron chi connectivity index (χ4n) is 4.80. The maximum absolute atomic E-state index is 14.6. The number of alkyl halides is 1. The summed E-state index contributed by atoms with van der Waals surface area (Å²) in [7, 11) is 1.77. The maximum Gasteiger partial charge on any atom is 0.257 e. The van der Waals surface area contributed by atoms with Crippen molar-refractivity contribution in [3.8, 4) is 6.07 Å². The summed E-state index contributed by atoms with van der Waals surface area (Å²) in [5, 5.41) is 18.2. The van der Waals surface area contributed by atoms with Gasteiger partial charge in [0.1, 0.15) is 23.9 Å². The number of carbonyl (C=O) groups excluding carboxylic acids is 2. The molecule has 1 saturated carbocycles. The molecule has 2 atom stereocenters. The van der Waals surface area contributed by atoms with Gasteiger partial charge in [-0.15, -0.1) is 0 Å². The number of anilines is 3. The van der Waals surface area contributed by atoms with E-state index in [0.29, 0.717) is 41.5 Å². The van der Waals surface area contributed by atoms with Crippen LogP contribution in [0.3, 0.4) is 0 Å². The normalized spacial score (nSPS) is 23.4. The number of halogens is 1. The van der Waals surface area contributed by atoms with Crippen LogP contribution in [0.25, 0.3) is 0 Å². The Kier molecular flexibility index (Phi) is 8.50. The van der Waals surface area contributed by atoms with E-state index in [4.69, 9.17) is 10.00 Å². The Labute approximate surface area is 215 Å². The van der Waals surface area contributed by atoms with Crippen LogP contribution in [0, 0.1) is 11.3 Å². The molecule has 4 rings (SSSR count). The summed E-state index contributed by atoms with van der Waals surface area (Å²) in [4.78, 5) is 35.3. The van der Waals surface area contributed by atoms with Crippen LogP contribution in [0.2, 0.25) is 0 Å². The van der Waals surface area contributed by atoms with Crippen LogP contribution < -0.4 is 16.0 Å². The molecule has 3 heterocycles. The summed E-state index contributed by atoms with van der Waals surface area (Å²) < 4.78 is 19.8. The van der Waals surface area contributed by atoms with E-state index < -0.39 is 12.2 Å². The van der Waals surface area contributed by atoms with Gasteiger partial charge in [-0.2, -0.15) is 5.26 Å². The highest BCUT2D eigenvalue weighted by atomic mass is 19.1. The minimum Gasteiger partial charge on any atom is -0.378 e. The highest BCUT2D eigenvalue weighted by Crippen LogP contribution is 2.28. The topological polar surface area (TPSA) is 132 Å². The number of nitrogens with zero attached hydrogens (tertiary/aromatic N) is 4. The zero-order valence-electron chi connectivity index (χ0n) is 21.0. The first-order chi connectivity index (χ1) is 17.8. The highest BCUT2D eigenvalue weighted by molar-refractivity contribution is 6.00. The molecule has 1 aliphatic carbocycles. The molecule has 2 amide bonds. The van der Waals surface area contributed by atoms with E-state index in [1.54, 1.807) is 30.1 Å². The van der Waals surface area contributed by atoms with Crippen molar-refractivity contribution in [3.05, 3.63) is 41.7 Å². The number of hydrogen-bond acceptors (Lipinski definition) is 8. The number of nitrogens with one attached hydrogen (secondary N) is 3. The molecule has 2 unspecified atom stereocenters. The lowest BCUT2D eigenvalue weighted by Gasteiger charge is -2.35. The lowest BCUT2D eigenvalue weighted by atomic mass is 9.90. The number of amides is 2. The maximum atomic E-state index is 14.6. The smallest absolute Gasteiger partial charge is 0.257 e. The fraction of sp³-hybridized carbons (Fsp3) is 0.500. The van der Waals surface area contributed by atoms with Crippen molar-refractivity contribution in [3.63, 3.8) is 0 Å². The van der Waals surface area contributed by atoms with Gasteiger partial charge in [0, 0.05) is 51.1 Å². The molecular weight excluding hydrogens is 477 g/mol. The first kappa shape index (κ1) is 26.3. The molecule has 1 aliphatic heterocycles. The van der Waals surface area contributed by atoms with E-state index in [1.165, 1.54) is 19.3 Å². The molecule has 196 valence electrons. The van der Waals surface area contributed by atoms with Gasteiger partial charge in [0.2, 0.25) is 5.91 Å². The van der Waals surface area contributed by atoms with Crippen LogP contribution in [0.4, 0.5) is 21.7 Å². The third kappa shape index (κ3) is 6.71. The van der Waals surface area contributed by atoms with Gasteiger partial charge in [0.25, 0.3) is 5.91 Å². The van der Waals surface area contributed by atoms with Crippen molar-refractivity contribution in [2.75, 3.05) is 30.9 Å². The summed E-state index contributed by atoms with van der Waals surface area (Å²) in [6, 6.07) is 6.66. The second-order valence-electron chi connectivity index (χ2n) is 9.54. The molecule has 0 radical (unpaired) electrons. The minimum absolute atomic E-state index is 0.00371. The zero-order valence-corrected chi connectivity index (χ0v) is 21.0. The van der Waals surface area contributed by atoms with Gasteiger partial charge in [-0.25, -0.2) is 14.4 Å². The molecule has 0 bridgehead atoms. The molecule has 37 heavy (non-hydrogen) atoms. The van der Waals surface area contributed by atoms with E-state index in [1.807, 2.05) is 6.07 Å². The van der Waals surface area contributed by atoms with Gasteiger partial charge in [-0.3, -0.25) is 9.59 Å². The minimum atomic E-state index is -1.21. The molecule has 2 aromatic heterocycles. The SMILES string of the molecule is CC(=O)NC1CCC(N(C)C(=O)c2cnc(Nc3ccc(C#N)cn3)cc2NC2CCOCC2F)CC1. The van der Waals surface area contributed by atoms with Crippen LogP contribution in [0.5, 0.6) is 0 Å². The quantitative estimate of drug-likeness (QED) is 0.519. The Morgan fingerprint density at radius 3 is 2.54 bits per heavy atom. The fourth-order valence-corrected chi connectivity index (χ4v) is 4.80. The monoisotopic (exact) mass is 509 g/mol. The van der Waals surface area contributed by atoms with Crippen LogP contribution in [-0.4, -0.2) is 71.2 Å². The highest BCUT2D eigenvalue weighted by Gasteiger charge is 2.31. The molecule has 10 nitrogen and oxygen atoms in total. The summed E-state index contributed by atoms with van der Waals surface area (Å²) in [6.07, 6.45) is 5.37. The number of rotatable bonds is 7. The Morgan fingerprint density at radius 1 is 1.14 bits per heavy atom. The molecule has 2 aromatic rings. The molecule has 11 heteroatoms. The van der Waals surface area contributed by atoms with Gasteiger partial charge >= 0.3 is 0 Å². The number of aromatic nitrogens is 2. The van der Waals surface area contributed by atoms with Crippen LogP contribution >= 0.6 is 0 Å². The molecule has 1 saturated heterocycles. The Morgan fingerprint density at radius 2 is 1.89 bits per heavy atom. The van der Waals surface area contributed by atoms with Gasteiger partial charge in [-0.1, -0.05) is 0 Å². The predicted octanol–water partition coefficient (Wildman–Crippen LogP) is 3.15. The van der Waals surface area contributed by atoms with E-state index in [-0.39, 0.29) is 30.5 Å². The van der Waals surface area contributed by atoms with Gasteiger partial charge in [0.05, 0.1) is 29.5 Å². The van der Waals surface area contributed by atoms with Crippen LogP contribution in [0.15, 0.2) is 30.6 Å². The Hall–Kier alpha value is -3.78. The largest absolute Gasteiger partial charge is 0.378 e. The number of hydrogen-bond donors (Lipinski definition) is 3. The van der Waals surface area contributed by atoms with E-state index >= 15 is 0 Å². The first-order valence-electron chi connectivity index (χ1n) is 12.5. The van der Waals surface area contributed by atoms with Crippen molar-refractivity contribution in [2.45, 2.75) is 63.3 Å². The van der Waals surface area contributed by atoms with Crippen molar-refractivity contribution in [2.24, 2.45) is 0 Å². The van der Waals surface area contributed by atoms with Crippen molar-refractivity contribution in [1.82, 2.24) is 20.2 Å².